The first-order chi connectivity index (χ1) is 15.1. The molecular formula is C21H32O7S3. The molecule has 10 heteroatoms. The molecule has 7 nitrogen and oxygen atoms in total. The molecule has 5 saturated heterocycles. The predicted octanol–water partition coefficient (Wildman–Crippen LogP) is 1.25. The third-order valence-corrected chi connectivity index (χ3v) is 10.8. The van der Waals surface area contributed by atoms with E-state index in [0.29, 0.717) is 49.4 Å². The molecule has 5 fully saturated rings. The molecule has 0 aromatic rings. The van der Waals surface area contributed by atoms with E-state index in [9.17, 15) is 15.0 Å². The Bertz CT molecular complexity index is 601. The molecule has 2 spiro atoms. The largest absolute Gasteiger partial charge is 0.392 e. The van der Waals surface area contributed by atoms with Crippen LogP contribution in [0, 0.1) is 23.7 Å². The minimum atomic E-state index is -0.838. The lowest BCUT2D eigenvalue weighted by Crippen LogP contribution is -2.57. The van der Waals surface area contributed by atoms with Crippen LogP contribution in [0.4, 0.5) is 0 Å². The van der Waals surface area contributed by atoms with Gasteiger partial charge in [-0.05, 0) is 11.5 Å². The van der Waals surface area contributed by atoms with Crippen molar-refractivity contribution < 1.29 is 34.0 Å². The van der Waals surface area contributed by atoms with Gasteiger partial charge in [0.1, 0.15) is 5.78 Å². The maximum atomic E-state index is 13.6. The van der Waals surface area contributed by atoms with Crippen LogP contribution in [0.3, 0.4) is 0 Å². The van der Waals surface area contributed by atoms with Crippen LogP contribution in [0.2, 0.25) is 0 Å². The molecule has 5 aliphatic heterocycles. The topological polar surface area (TPSA) is 94.5 Å². The average Bonchev–Trinajstić information content (AvgIpc) is 3.44. The van der Waals surface area contributed by atoms with Gasteiger partial charge in [-0.1, -0.05) is 0 Å². The number of carbonyl (C=O) groups excluding carboxylic acids is 1. The SMILES string of the molecule is O=C1[C@@H]([C@@H](O)[C@@H]2CSCCC23OCCO3)CSC[C@@H]1[C@H](O)[C@@H]1CSCCC12OCCO2. The van der Waals surface area contributed by atoms with E-state index >= 15 is 0 Å². The highest BCUT2D eigenvalue weighted by atomic mass is 32.2. The number of ketones is 1. The van der Waals surface area contributed by atoms with Crippen LogP contribution in [0.5, 0.6) is 0 Å². The van der Waals surface area contributed by atoms with Crippen LogP contribution in [0.15, 0.2) is 0 Å². The van der Waals surface area contributed by atoms with Crippen molar-refractivity contribution in [2.45, 2.75) is 36.6 Å². The number of rotatable bonds is 4. The van der Waals surface area contributed by atoms with E-state index < -0.39 is 35.6 Å². The highest BCUT2D eigenvalue weighted by molar-refractivity contribution is 7.99. The van der Waals surface area contributed by atoms with E-state index in [2.05, 4.69) is 0 Å². The van der Waals surface area contributed by atoms with Crippen LogP contribution in [-0.2, 0) is 23.7 Å². The first-order valence-electron chi connectivity index (χ1n) is 11.3. The van der Waals surface area contributed by atoms with E-state index in [1.165, 1.54) is 0 Å². The molecule has 6 atom stereocenters. The van der Waals surface area contributed by atoms with Gasteiger partial charge in [0, 0.05) is 47.7 Å². The minimum Gasteiger partial charge on any atom is -0.392 e. The monoisotopic (exact) mass is 492 g/mol. The highest BCUT2D eigenvalue weighted by Crippen LogP contribution is 2.46. The van der Waals surface area contributed by atoms with E-state index in [4.69, 9.17) is 18.9 Å². The van der Waals surface area contributed by atoms with Gasteiger partial charge in [0.15, 0.2) is 11.6 Å². The zero-order valence-corrected chi connectivity index (χ0v) is 20.1. The molecule has 0 aromatic carbocycles. The number of aliphatic hydroxyl groups excluding tert-OH is 2. The molecule has 0 aliphatic carbocycles. The molecule has 0 bridgehead atoms. The summed E-state index contributed by atoms with van der Waals surface area (Å²) in [7, 11) is 0. The number of aliphatic hydroxyl groups is 2. The van der Waals surface area contributed by atoms with Crippen molar-refractivity contribution in [3.8, 4) is 0 Å². The third-order valence-electron chi connectivity index (χ3n) is 7.44. The van der Waals surface area contributed by atoms with Crippen molar-refractivity contribution in [1.29, 1.82) is 0 Å². The van der Waals surface area contributed by atoms with E-state index in [-0.39, 0.29) is 17.6 Å². The summed E-state index contributed by atoms with van der Waals surface area (Å²) in [5.74, 6) is 1.33. The molecule has 5 rings (SSSR count). The second-order valence-corrected chi connectivity index (χ2v) is 12.4. The minimum absolute atomic E-state index is 0.0359. The van der Waals surface area contributed by atoms with E-state index in [1.54, 1.807) is 35.3 Å². The first-order valence-corrected chi connectivity index (χ1v) is 14.7. The Morgan fingerprint density at radius 2 is 1.13 bits per heavy atom. The molecule has 5 aliphatic rings. The molecular weight excluding hydrogens is 460 g/mol. The Hall–Kier alpha value is 0.480. The van der Waals surface area contributed by atoms with E-state index in [0.717, 1.165) is 24.3 Å². The molecule has 2 N–H and O–H groups in total. The maximum Gasteiger partial charge on any atom is 0.175 e. The Morgan fingerprint density at radius 1 is 0.710 bits per heavy atom. The lowest BCUT2D eigenvalue weighted by atomic mass is 9.76. The third kappa shape index (κ3) is 4.23. The highest BCUT2D eigenvalue weighted by Gasteiger charge is 2.56. The van der Waals surface area contributed by atoms with Crippen molar-refractivity contribution in [2.75, 3.05) is 60.9 Å². The maximum absolute atomic E-state index is 13.6. The summed E-state index contributed by atoms with van der Waals surface area (Å²) in [6.45, 7) is 2.13. The van der Waals surface area contributed by atoms with Crippen LogP contribution in [0.25, 0.3) is 0 Å². The molecule has 176 valence electrons. The Balaban J connectivity index is 1.32. The summed E-state index contributed by atoms with van der Waals surface area (Å²) in [6, 6.07) is 0. The van der Waals surface area contributed by atoms with Gasteiger partial charge in [-0.2, -0.15) is 35.3 Å². The normalized spacial score (nSPS) is 39.7. The summed E-state index contributed by atoms with van der Waals surface area (Å²) in [6.07, 6.45) is -0.212. The lowest BCUT2D eigenvalue weighted by molar-refractivity contribution is -0.221. The molecule has 5 heterocycles. The summed E-state index contributed by atoms with van der Waals surface area (Å²) in [4.78, 5) is 13.6. The second kappa shape index (κ2) is 9.62. The molecule has 0 unspecified atom stereocenters. The molecule has 0 saturated carbocycles. The Labute approximate surface area is 196 Å². The van der Waals surface area contributed by atoms with Gasteiger partial charge >= 0.3 is 0 Å². The van der Waals surface area contributed by atoms with Crippen molar-refractivity contribution in [2.24, 2.45) is 23.7 Å². The zero-order chi connectivity index (χ0) is 21.5. The summed E-state index contributed by atoms with van der Waals surface area (Å²) >= 11 is 5.20. The zero-order valence-electron chi connectivity index (χ0n) is 17.6. The van der Waals surface area contributed by atoms with Crippen LogP contribution in [0.1, 0.15) is 12.8 Å². The van der Waals surface area contributed by atoms with Crippen molar-refractivity contribution in [3.05, 3.63) is 0 Å². The van der Waals surface area contributed by atoms with Gasteiger partial charge in [0.05, 0.1) is 50.5 Å². The first kappa shape index (κ1) is 23.2. The number of ether oxygens (including phenoxy) is 4. The molecule has 31 heavy (non-hydrogen) atoms. The van der Waals surface area contributed by atoms with Crippen molar-refractivity contribution >= 4 is 41.1 Å². The fourth-order valence-corrected chi connectivity index (χ4v) is 9.67. The van der Waals surface area contributed by atoms with Gasteiger partial charge in [-0.15, -0.1) is 0 Å². The number of carbonyl (C=O) groups is 1. The van der Waals surface area contributed by atoms with Gasteiger partial charge in [-0.3, -0.25) is 4.79 Å². The number of Topliss-reactive ketones (excluding diaryl/α,β-unsaturated/α-hetero) is 1. The molecule has 0 amide bonds. The fourth-order valence-electron chi connectivity index (χ4n) is 5.71. The van der Waals surface area contributed by atoms with Crippen molar-refractivity contribution in [3.63, 3.8) is 0 Å². The van der Waals surface area contributed by atoms with Crippen LogP contribution < -0.4 is 0 Å². The Morgan fingerprint density at radius 3 is 1.55 bits per heavy atom. The molecule has 0 radical (unpaired) electrons. The summed E-state index contributed by atoms with van der Waals surface area (Å²) < 4.78 is 23.9. The second-order valence-electron chi connectivity index (χ2n) is 9.01. The predicted molar refractivity (Wildman–Crippen MR) is 121 cm³/mol. The van der Waals surface area contributed by atoms with E-state index in [1.807, 2.05) is 0 Å². The standard InChI is InChI=1S/C21H32O7S3/c22-17-13(18(23)15-11-29-7-1-20(15)25-3-4-26-20)9-31-10-14(17)19(24)16-12-30-8-2-21(16)27-5-6-28-21/h13-16,18-19,23-24H,1-12H2/t13-,14-,15-,16-,18-,19+/m0/s1. The van der Waals surface area contributed by atoms with Gasteiger partial charge in [0.2, 0.25) is 0 Å². The lowest BCUT2D eigenvalue weighted by Gasteiger charge is -2.46. The number of hydrogen-bond acceptors (Lipinski definition) is 10. The number of hydrogen-bond donors (Lipinski definition) is 2. The molecule has 0 aromatic heterocycles. The quantitative estimate of drug-likeness (QED) is 0.597. The fraction of sp³-hybridized carbons (Fsp3) is 0.952. The van der Waals surface area contributed by atoms with Crippen LogP contribution in [-0.4, -0.2) is 101 Å². The van der Waals surface area contributed by atoms with Crippen molar-refractivity contribution in [1.82, 2.24) is 0 Å². The Kier molecular flexibility index (Phi) is 7.21. The van der Waals surface area contributed by atoms with Gasteiger partial charge in [0.25, 0.3) is 0 Å². The summed E-state index contributed by atoms with van der Waals surface area (Å²) in [5, 5.41) is 22.7. The van der Waals surface area contributed by atoms with Gasteiger partial charge in [-0.25, -0.2) is 0 Å². The smallest absolute Gasteiger partial charge is 0.175 e. The average molecular weight is 493 g/mol. The number of thioether (sulfide) groups is 3. The van der Waals surface area contributed by atoms with Crippen LogP contribution >= 0.6 is 35.3 Å². The summed E-state index contributed by atoms with van der Waals surface area (Å²) in [5.41, 5.74) is 0. The van der Waals surface area contributed by atoms with Gasteiger partial charge < -0.3 is 29.2 Å².